The summed E-state index contributed by atoms with van der Waals surface area (Å²) in [6, 6.07) is 16.5. The molecule has 0 saturated heterocycles. The molecule has 3 aromatic rings. The predicted octanol–water partition coefficient (Wildman–Crippen LogP) is 5.45. The molecule has 0 unspecified atom stereocenters. The number of nitrogens with one attached hydrogen (secondary N) is 1. The topological polar surface area (TPSA) is 96.0 Å². The van der Waals surface area contributed by atoms with Crippen molar-refractivity contribution in [2.24, 2.45) is 0 Å². The number of anilines is 1. The third-order valence-corrected chi connectivity index (χ3v) is 8.73. The van der Waals surface area contributed by atoms with Crippen molar-refractivity contribution in [3.05, 3.63) is 87.9 Å². The number of rotatable bonds is 11. The van der Waals surface area contributed by atoms with Crippen LogP contribution >= 0.6 is 23.2 Å². The van der Waals surface area contributed by atoms with E-state index in [2.05, 4.69) is 5.32 Å². The van der Waals surface area contributed by atoms with Crippen LogP contribution in [0.2, 0.25) is 10.0 Å². The van der Waals surface area contributed by atoms with Gasteiger partial charge >= 0.3 is 0 Å². The number of aryl methyl sites for hydroxylation is 1. The summed E-state index contributed by atoms with van der Waals surface area (Å²) < 4.78 is 34.0. The van der Waals surface area contributed by atoms with E-state index in [4.69, 9.17) is 27.9 Å². The van der Waals surface area contributed by atoms with Crippen LogP contribution in [-0.2, 0) is 26.2 Å². The molecule has 214 valence electrons. The highest BCUT2D eigenvalue weighted by molar-refractivity contribution is 7.92. The fraction of sp³-hybridized carbons (Fsp3) is 0.310. The van der Waals surface area contributed by atoms with Crippen molar-refractivity contribution in [2.75, 3.05) is 18.0 Å². The molecule has 1 atom stereocenters. The van der Waals surface area contributed by atoms with Crippen LogP contribution in [0, 0.1) is 6.92 Å². The highest BCUT2D eigenvalue weighted by Gasteiger charge is 2.33. The average Bonchev–Trinajstić information content (AvgIpc) is 2.91. The van der Waals surface area contributed by atoms with Gasteiger partial charge < -0.3 is 15.0 Å². The molecule has 0 aliphatic rings. The van der Waals surface area contributed by atoms with Crippen molar-refractivity contribution in [1.82, 2.24) is 10.2 Å². The third-order valence-electron chi connectivity index (χ3n) is 6.24. The Kier molecular flexibility index (Phi) is 10.5. The molecule has 0 aliphatic carbocycles. The first kappa shape index (κ1) is 31.3. The molecule has 0 aliphatic heterocycles. The molecule has 0 fully saturated rings. The number of ether oxygens (including phenoxy) is 1. The number of carbonyl (C=O) groups excluding carboxylic acids is 2. The fourth-order valence-electron chi connectivity index (χ4n) is 3.96. The maximum Gasteiger partial charge on any atom is 0.264 e. The summed E-state index contributed by atoms with van der Waals surface area (Å²) in [5.74, 6) is -0.491. The van der Waals surface area contributed by atoms with Gasteiger partial charge in [-0.15, -0.1) is 0 Å². The van der Waals surface area contributed by atoms with E-state index in [0.29, 0.717) is 21.4 Å². The lowest BCUT2D eigenvalue weighted by atomic mass is 10.1. The molecule has 0 bridgehead atoms. The number of nitrogens with zero attached hydrogens (tertiary/aromatic N) is 2. The molecule has 3 aromatic carbocycles. The summed E-state index contributed by atoms with van der Waals surface area (Å²) >= 11 is 12.8. The van der Waals surface area contributed by atoms with Crippen molar-refractivity contribution >= 4 is 50.7 Å². The van der Waals surface area contributed by atoms with E-state index in [0.717, 1.165) is 9.87 Å². The number of hydrogen-bond acceptors (Lipinski definition) is 5. The van der Waals surface area contributed by atoms with Gasteiger partial charge in [0.05, 0.1) is 17.7 Å². The molecule has 11 heteroatoms. The maximum atomic E-state index is 14.0. The number of sulfonamides is 1. The van der Waals surface area contributed by atoms with E-state index >= 15 is 0 Å². The molecule has 3 rings (SSSR count). The van der Waals surface area contributed by atoms with Crippen LogP contribution in [-0.4, -0.2) is 50.9 Å². The van der Waals surface area contributed by atoms with Crippen molar-refractivity contribution in [1.29, 1.82) is 0 Å². The number of benzene rings is 3. The minimum Gasteiger partial charge on any atom is -0.497 e. The van der Waals surface area contributed by atoms with Gasteiger partial charge in [-0.1, -0.05) is 47.0 Å². The van der Waals surface area contributed by atoms with E-state index in [1.54, 1.807) is 75.4 Å². The molecule has 2 amide bonds. The molecule has 0 heterocycles. The monoisotopic (exact) mass is 605 g/mol. The first-order chi connectivity index (χ1) is 18.8. The Morgan fingerprint density at radius 2 is 1.50 bits per heavy atom. The van der Waals surface area contributed by atoms with E-state index in [1.807, 2.05) is 6.92 Å². The van der Waals surface area contributed by atoms with Gasteiger partial charge in [0.25, 0.3) is 10.0 Å². The van der Waals surface area contributed by atoms with E-state index < -0.39 is 34.4 Å². The minimum atomic E-state index is -4.18. The standard InChI is InChI=1S/C29H33Cl2N3O5S/c1-19(2)32-29(36)21(4)33(17-25-26(30)7-6-8-27(25)31)28(35)18-34(22-11-13-23(39-5)14-12-22)40(37,38)24-15-9-20(3)10-16-24/h6-16,19,21H,17-18H2,1-5H3,(H,32,36)/t21-/m0/s1. The van der Waals surface area contributed by atoms with Crippen molar-refractivity contribution in [2.45, 2.75) is 51.2 Å². The normalized spacial score (nSPS) is 12.1. The quantitative estimate of drug-likeness (QED) is 0.313. The number of methoxy groups -OCH3 is 1. The van der Waals surface area contributed by atoms with Gasteiger partial charge in [-0.2, -0.15) is 0 Å². The van der Waals surface area contributed by atoms with Gasteiger partial charge in [0, 0.05) is 28.2 Å². The zero-order valence-corrected chi connectivity index (χ0v) is 25.3. The Balaban J connectivity index is 2.07. The summed E-state index contributed by atoms with van der Waals surface area (Å²) in [5.41, 5.74) is 1.59. The lowest BCUT2D eigenvalue weighted by Crippen LogP contribution is -2.52. The summed E-state index contributed by atoms with van der Waals surface area (Å²) in [6.07, 6.45) is 0. The van der Waals surface area contributed by atoms with Crippen LogP contribution < -0.4 is 14.4 Å². The van der Waals surface area contributed by atoms with Gasteiger partial charge in [-0.25, -0.2) is 8.42 Å². The first-order valence-corrected chi connectivity index (χ1v) is 14.8. The molecular formula is C29H33Cl2N3O5S. The largest absolute Gasteiger partial charge is 0.497 e. The Morgan fingerprint density at radius 1 is 0.925 bits per heavy atom. The lowest BCUT2D eigenvalue weighted by Gasteiger charge is -2.32. The Hall–Kier alpha value is -3.27. The average molecular weight is 607 g/mol. The van der Waals surface area contributed by atoms with Crippen molar-refractivity contribution in [3.8, 4) is 5.75 Å². The highest BCUT2D eigenvalue weighted by atomic mass is 35.5. The number of carbonyl (C=O) groups is 2. The van der Waals surface area contributed by atoms with Crippen molar-refractivity contribution < 1.29 is 22.7 Å². The molecule has 8 nitrogen and oxygen atoms in total. The zero-order valence-electron chi connectivity index (χ0n) is 23.0. The predicted molar refractivity (Wildman–Crippen MR) is 158 cm³/mol. The summed E-state index contributed by atoms with van der Waals surface area (Å²) in [5, 5.41) is 3.45. The Labute approximate surface area is 245 Å². The van der Waals surface area contributed by atoms with E-state index in [-0.39, 0.29) is 23.2 Å². The minimum absolute atomic E-state index is 0.0213. The fourth-order valence-corrected chi connectivity index (χ4v) is 5.89. The number of halogens is 2. The summed E-state index contributed by atoms with van der Waals surface area (Å²) in [6.45, 7) is 6.35. The number of amides is 2. The van der Waals surface area contributed by atoms with Crippen LogP contribution in [0.3, 0.4) is 0 Å². The zero-order chi connectivity index (χ0) is 29.6. The van der Waals surface area contributed by atoms with Gasteiger partial charge in [0.15, 0.2) is 0 Å². The van der Waals surface area contributed by atoms with Gasteiger partial charge in [-0.3, -0.25) is 13.9 Å². The molecule has 0 saturated carbocycles. The summed E-state index contributed by atoms with van der Waals surface area (Å²) in [4.78, 5) is 28.3. The Bertz CT molecular complexity index is 1430. The van der Waals surface area contributed by atoms with Crippen LogP contribution in [0.1, 0.15) is 31.9 Å². The molecular weight excluding hydrogens is 573 g/mol. The van der Waals surface area contributed by atoms with Crippen LogP contribution in [0.4, 0.5) is 5.69 Å². The third kappa shape index (κ3) is 7.47. The van der Waals surface area contributed by atoms with Crippen LogP contribution in [0.5, 0.6) is 5.75 Å². The second kappa shape index (κ2) is 13.4. The molecule has 0 radical (unpaired) electrons. The van der Waals surface area contributed by atoms with Gasteiger partial charge in [0.2, 0.25) is 11.8 Å². The summed E-state index contributed by atoms with van der Waals surface area (Å²) in [7, 11) is -2.68. The van der Waals surface area contributed by atoms with Crippen LogP contribution in [0.15, 0.2) is 71.6 Å². The first-order valence-electron chi connectivity index (χ1n) is 12.6. The second-order valence-electron chi connectivity index (χ2n) is 9.58. The lowest BCUT2D eigenvalue weighted by molar-refractivity contribution is -0.139. The van der Waals surface area contributed by atoms with E-state index in [9.17, 15) is 18.0 Å². The molecule has 40 heavy (non-hydrogen) atoms. The van der Waals surface area contributed by atoms with Gasteiger partial charge in [0.1, 0.15) is 18.3 Å². The Morgan fingerprint density at radius 3 is 2.02 bits per heavy atom. The smallest absolute Gasteiger partial charge is 0.264 e. The molecule has 0 spiro atoms. The van der Waals surface area contributed by atoms with E-state index in [1.165, 1.54) is 24.1 Å². The maximum absolute atomic E-state index is 14.0. The SMILES string of the molecule is COc1ccc(N(CC(=O)N(Cc2c(Cl)cccc2Cl)[C@@H](C)C(=O)NC(C)C)S(=O)(=O)c2ccc(C)cc2)cc1. The highest BCUT2D eigenvalue weighted by Crippen LogP contribution is 2.29. The second-order valence-corrected chi connectivity index (χ2v) is 12.3. The van der Waals surface area contributed by atoms with Crippen molar-refractivity contribution in [3.63, 3.8) is 0 Å². The van der Waals surface area contributed by atoms with Crippen LogP contribution in [0.25, 0.3) is 0 Å². The number of hydrogen-bond donors (Lipinski definition) is 1. The molecule has 1 N–H and O–H groups in total. The molecule has 0 aromatic heterocycles. The van der Waals surface area contributed by atoms with Gasteiger partial charge in [-0.05, 0) is 76.2 Å².